The average molecular weight is 343 g/mol. The zero-order chi connectivity index (χ0) is 16.2. The SMILES string of the molecule is CCN(C(=O)[C@@H](C)Sc1ncnc2sccc12)c1ccccc1. The molecule has 1 amide bonds. The van der Waals surface area contributed by atoms with Crippen LogP contribution in [0.1, 0.15) is 13.8 Å². The number of aromatic nitrogens is 2. The Bertz CT molecular complexity index is 804. The van der Waals surface area contributed by atoms with Gasteiger partial charge >= 0.3 is 0 Å². The summed E-state index contributed by atoms with van der Waals surface area (Å²) in [5.41, 5.74) is 0.927. The van der Waals surface area contributed by atoms with E-state index in [2.05, 4.69) is 9.97 Å². The minimum absolute atomic E-state index is 0.0886. The van der Waals surface area contributed by atoms with Gasteiger partial charge in [-0.1, -0.05) is 30.0 Å². The summed E-state index contributed by atoms with van der Waals surface area (Å²) in [7, 11) is 0. The normalized spacial score (nSPS) is 12.3. The molecular formula is C17H17N3OS2. The van der Waals surface area contributed by atoms with Crippen LogP contribution in [0.2, 0.25) is 0 Å². The van der Waals surface area contributed by atoms with Crippen LogP contribution < -0.4 is 4.90 Å². The first-order chi connectivity index (χ1) is 11.2. The molecule has 2 heterocycles. The fourth-order valence-corrected chi connectivity index (χ4v) is 4.13. The lowest BCUT2D eigenvalue weighted by molar-refractivity contribution is -0.117. The number of carbonyl (C=O) groups excluding carboxylic acids is 1. The molecule has 0 unspecified atom stereocenters. The van der Waals surface area contributed by atoms with Crippen LogP contribution in [-0.2, 0) is 4.79 Å². The van der Waals surface area contributed by atoms with Gasteiger partial charge in [-0.2, -0.15) is 0 Å². The lowest BCUT2D eigenvalue weighted by atomic mass is 10.2. The maximum Gasteiger partial charge on any atom is 0.240 e. The fourth-order valence-electron chi connectivity index (χ4n) is 2.37. The van der Waals surface area contributed by atoms with E-state index < -0.39 is 0 Å². The quantitative estimate of drug-likeness (QED) is 0.514. The number of hydrogen-bond acceptors (Lipinski definition) is 5. The van der Waals surface area contributed by atoms with Crippen molar-refractivity contribution >= 4 is 44.9 Å². The molecule has 0 saturated heterocycles. The Morgan fingerprint density at radius 1 is 1.26 bits per heavy atom. The van der Waals surface area contributed by atoms with Crippen LogP contribution in [0.15, 0.2) is 53.1 Å². The Hall–Kier alpha value is -1.92. The van der Waals surface area contributed by atoms with Gasteiger partial charge in [-0.05, 0) is 37.4 Å². The Balaban J connectivity index is 1.80. The van der Waals surface area contributed by atoms with Crippen LogP contribution in [0.4, 0.5) is 5.69 Å². The Morgan fingerprint density at radius 3 is 2.78 bits per heavy atom. The van der Waals surface area contributed by atoms with Crippen molar-refractivity contribution < 1.29 is 4.79 Å². The molecule has 1 aromatic carbocycles. The van der Waals surface area contributed by atoms with E-state index in [1.54, 1.807) is 17.7 Å². The topological polar surface area (TPSA) is 46.1 Å². The monoisotopic (exact) mass is 343 g/mol. The maximum absolute atomic E-state index is 12.8. The highest BCUT2D eigenvalue weighted by Crippen LogP contribution is 2.31. The second kappa shape index (κ2) is 7.10. The first-order valence-electron chi connectivity index (χ1n) is 7.42. The smallest absolute Gasteiger partial charge is 0.240 e. The van der Waals surface area contributed by atoms with Gasteiger partial charge < -0.3 is 4.90 Å². The third-order valence-corrected chi connectivity index (χ3v) is 5.44. The van der Waals surface area contributed by atoms with Crippen molar-refractivity contribution in [2.75, 3.05) is 11.4 Å². The van der Waals surface area contributed by atoms with Crippen molar-refractivity contribution in [3.63, 3.8) is 0 Å². The number of amides is 1. The third kappa shape index (κ3) is 3.38. The van der Waals surface area contributed by atoms with Crippen molar-refractivity contribution in [2.45, 2.75) is 24.1 Å². The highest BCUT2D eigenvalue weighted by Gasteiger charge is 2.23. The Kier molecular flexibility index (Phi) is 4.93. The molecule has 23 heavy (non-hydrogen) atoms. The van der Waals surface area contributed by atoms with Gasteiger partial charge in [-0.25, -0.2) is 9.97 Å². The molecule has 0 N–H and O–H groups in total. The predicted molar refractivity (Wildman–Crippen MR) is 97.2 cm³/mol. The number of thioether (sulfide) groups is 1. The highest BCUT2D eigenvalue weighted by atomic mass is 32.2. The van der Waals surface area contributed by atoms with E-state index in [1.807, 2.05) is 60.5 Å². The van der Waals surface area contributed by atoms with E-state index in [9.17, 15) is 4.79 Å². The van der Waals surface area contributed by atoms with Crippen molar-refractivity contribution in [2.24, 2.45) is 0 Å². The molecule has 0 saturated carbocycles. The fraction of sp³-hybridized carbons (Fsp3) is 0.235. The van der Waals surface area contributed by atoms with Crippen LogP contribution in [0.5, 0.6) is 0 Å². The number of anilines is 1. The minimum Gasteiger partial charge on any atom is -0.312 e. The van der Waals surface area contributed by atoms with E-state index in [4.69, 9.17) is 0 Å². The van der Waals surface area contributed by atoms with Gasteiger partial charge in [0.05, 0.1) is 5.25 Å². The van der Waals surface area contributed by atoms with Gasteiger partial charge in [0.1, 0.15) is 16.2 Å². The number of carbonyl (C=O) groups is 1. The zero-order valence-corrected chi connectivity index (χ0v) is 14.6. The van der Waals surface area contributed by atoms with Gasteiger partial charge in [0.15, 0.2) is 0 Å². The van der Waals surface area contributed by atoms with E-state index in [0.717, 1.165) is 20.9 Å². The molecule has 118 valence electrons. The molecule has 0 aliphatic carbocycles. The van der Waals surface area contributed by atoms with Gasteiger partial charge in [0.2, 0.25) is 5.91 Å². The number of fused-ring (bicyclic) bond motifs is 1. The molecule has 0 spiro atoms. The summed E-state index contributed by atoms with van der Waals surface area (Å²) in [6.07, 6.45) is 1.56. The molecule has 0 fully saturated rings. The summed E-state index contributed by atoms with van der Waals surface area (Å²) in [5, 5.41) is 3.66. The van der Waals surface area contributed by atoms with E-state index in [1.165, 1.54) is 11.8 Å². The first kappa shape index (κ1) is 16.0. The van der Waals surface area contributed by atoms with Crippen LogP contribution in [0.25, 0.3) is 10.2 Å². The summed E-state index contributed by atoms with van der Waals surface area (Å²) in [6, 6.07) is 11.8. The van der Waals surface area contributed by atoms with Gasteiger partial charge in [0.25, 0.3) is 0 Å². The standard InChI is InChI=1S/C17H17N3OS2/c1-3-20(13-7-5-4-6-8-13)17(21)12(2)23-16-14-9-10-22-15(14)18-11-19-16/h4-12H,3H2,1-2H3/t12-/m1/s1. The third-order valence-electron chi connectivity index (χ3n) is 3.51. The molecule has 1 atom stereocenters. The van der Waals surface area contributed by atoms with Crippen molar-refractivity contribution in [1.29, 1.82) is 0 Å². The number of para-hydroxylation sites is 1. The number of benzene rings is 1. The van der Waals surface area contributed by atoms with E-state index in [0.29, 0.717) is 6.54 Å². The van der Waals surface area contributed by atoms with Gasteiger partial charge in [0, 0.05) is 17.6 Å². The molecule has 0 bridgehead atoms. The van der Waals surface area contributed by atoms with Crippen molar-refractivity contribution in [1.82, 2.24) is 9.97 Å². The Labute approximate surface area is 143 Å². The van der Waals surface area contributed by atoms with E-state index in [-0.39, 0.29) is 11.2 Å². The van der Waals surface area contributed by atoms with Crippen LogP contribution >= 0.6 is 23.1 Å². The van der Waals surface area contributed by atoms with Gasteiger partial charge in [-0.15, -0.1) is 11.3 Å². The van der Waals surface area contributed by atoms with E-state index >= 15 is 0 Å². The van der Waals surface area contributed by atoms with Crippen LogP contribution in [0, 0.1) is 0 Å². The maximum atomic E-state index is 12.8. The summed E-state index contributed by atoms with van der Waals surface area (Å²) in [5.74, 6) is 0.0886. The predicted octanol–water partition coefficient (Wildman–Crippen LogP) is 4.23. The molecule has 0 aliphatic heterocycles. The Morgan fingerprint density at radius 2 is 2.04 bits per heavy atom. The highest BCUT2D eigenvalue weighted by molar-refractivity contribution is 8.00. The second-order valence-electron chi connectivity index (χ2n) is 5.00. The molecule has 0 radical (unpaired) electrons. The molecular weight excluding hydrogens is 326 g/mol. The molecule has 3 rings (SSSR count). The number of rotatable bonds is 5. The number of thiophene rings is 1. The second-order valence-corrected chi connectivity index (χ2v) is 7.22. The van der Waals surface area contributed by atoms with Crippen LogP contribution in [0.3, 0.4) is 0 Å². The lowest BCUT2D eigenvalue weighted by Gasteiger charge is -2.24. The summed E-state index contributed by atoms with van der Waals surface area (Å²) in [4.78, 5) is 24.2. The summed E-state index contributed by atoms with van der Waals surface area (Å²) >= 11 is 3.07. The lowest BCUT2D eigenvalue weighted by Crippen LogP contribution is -2.36. The molecule has 3 aromatic rings. The summed E-state index contributed by atoms with van der Waals surface area (Å²) < 4.78 is 0. The van der Waals surface area contributed by atoms with Crippen LogP contribution in [-0.4, -0.2) is 27.7 Å². The number of hydrogen-bond donors (Lipinski definition) is 0. The molecule has 6 heteroatoms. The zero-order valence-electron chi connectivity index (χ0n) is 13.0. The minimum atomic E-state index is -0.215. The molecule has 2 aromatic heterocycles. The largest absolute Gasteiger partial charge is 0.312 e. The molecule has 0 aliphatic rings. The summed E-state index contributed by atoms with van der Waals surface area (Å²) in [6.45, 7) is 4.56. The first-order valence-corrected chi connectivity index (χ1v) is 9.18. The average Bonchev–Trinajstić information content (AvgIpc) is 3.06. The van der Waals surface area contributed by atoms with Gasteiger partial charge in [-0.3, -0.25) is 4.79 Å². The molecule has 4 nitrogen and oxygen atoms in total. The van der Waals surface area contributed by atoms with Crippen molar-refractivity contribution in [3.05, 3.63) is 48.1 Å². The van der Waals surface area contributed by atoms with Crippen molar-refractivity contribution in [3.8, 4) is 0 Å². The number of nitrogens with zero attached hydrogens (tertiary/aromatic N) is 3.